The van der Waals surface area contributed by atoms with E-state index in [4.69, 9.17) is 4.74 Å². The molecule has 1 aliphatic carbocycles. The Balaban J connectivity index is 0.00000147. The molecule has 3 nitrogen and oxygen atoms in total. The van der Waals surface area contributed by atoms with Gasteiger partial charge in [-0.05, 0) is 17.0 Å². The molecule has 99 valence electrons. The number of amides is 1. The van der Waals surface area contributed by atoms with Crippen LogP contribution in [0.2, 0.25) is 0 Å². The molecule has 1 radical (unpaired) electrons. The molecule has 0 aromatic heterocycles. The Hall–Kier alpha value is -1.19. The molecule has 2 aromatic rings. The zero-order valence-electron chi connectivity index (χ0n) is 11.2. The average molecular weight is 341 g/mol. The number of carbonyl (C=O) groups excluding carboxylic acids is 1. The van der Waals surface area contributed by atoms with Crippen molar-refractivity contribution in [2.45, 2.75) is 5.92 Å². The molecular formula is C16H14NO2Y-. The number of alkyl carbamates (subject to hydrolysis) is 1. The Labute approximate surface area is 143 Å². The fourth-order valence-corrected chi connectivity index (χ4v) is 2.60. The van der Waals surface area contributed by atoms with Crippen LogP contribution in [0.4, 0.5) is 4.79 Å². The molecule has 0 saturated carbocycles. The maximum absolute atomic E-state index is 11.3. The molecule has 20 heavy (non-hydrogen) atoms. The van der Waals surface area contributed by atoms with Crippen LogP contribution in [0.15, 0.2) is 42.5 Å². The molecule has 2 aromatic carbocycles. The normalized spacial score (nSPS) is 14.8. The van der Waals surface area contributed by atoms with Gasteiger partial charge in [-0.1, -0.05) is 24.3 Å². The number of ether oxygens (including phenoxy) is 1. The van der Waals surface area contributed by atoms with Gasteiger partial charge in [-0.15, -0.1) is 11.1 Å². The summed E-state index contributed by atoms with van der Waals surface area (Å²) in [5.41, 5.74) is 4.81. The Kier molecular flexibility index (Phi) is 4.95. The number of hydrogen-bond acceptors (Lipinski definition) is 2. The summed E-state index contributed by atoms with van der Waals surface area (Å²) in [7, 11) is 1.56. The number of rotatable bonds is 2. The monoisotopic (exact) mass is 341 g/mol. The SMILES string of the molecule is CNC(=O)OCC1c2c[c-]ccc2-c2ccccc21.[Y]. The number of carbonyl (C=O) groups is 1. The maximum Gasteiger partial charge on any atom is 0.406 e. The molecular weight excluding hydrogens is 327 g/mol. The minimum absolute atomic E-state index is 0. The third-order valence-electron chi connectivity index (χ3n) is 3.48. The molecule has 0 heterocycles. The molecule has 1 atom stereocenters. The Morgan fingerprint density at radius 2 is 2.00 bits per heavy atom. The Bertz CT molecular complexity index is 582. The first-order valence-electron chi connectivity index (χ1n) is 6.25. The predicted octanol–water partition coefficient (Wildman–Crippen LogP) is 2.95. The first-order chi connectivity index (χ1) is 9.31. The summed E-state index contributed by atoms with van der Waals surface area (Å²) in [6, 6.07) is 17.3. The van der Waals surface area contributed by atoms with E-state index in [1.807, 2.05) is 24.3 Å². The molecule has 0 aliphatic heterocycles. The van der Waals surface area contributed by atoms with Gasteiger partial charge in [-0.25, -0.2) is 4.79 Å². The fraction of sp³-hybridized carbons (Fsp3) is 0.188. The van der Waals surface area contributed by atoms with Gasteiger partial charge in [0.15, 0.2) is 0 Å². The van der Waals surface area contributed by atoms with Crippen molar-refractivity contribution in [2.75, 3.05) is 13.7 Å². The first-order valence-corrected chi connectivity index (χ1v) is 6.25. The fourth-order valence-electron chi connectivity index (χ4n) is 2.60. The van der Waals surface area contributed by atoms with Crippen LogP contribution in [0.5, 0.6) is 0 Å². The number of fused-ring (bicyclic) bond motifs is 3. The van der Waals surface area contributed by atoms with Crippen LogP contribution in [0.25, 0.3) is 11.1 Å². The zero-order valence-corrected chi connectivity index (χ0v) is 14.1. The van der Waals surface area contributed by atoms with E-state index >= 15 is 0 Å². The van der Waals surface area contributed by atoms with Gasteiger partial charge >= 0.3 is 6.09 Å². The molecule has 1 unspecified atom stereocenters. The molecule has 1 N–H and O–H groups in total. The van der Waals surface area contributed by atoms with Crippen molar-refractivity contribution in [3.05, 3.63) is 59.7 Å². The molecule has 3 rings (SSSR count). The van der Waals surface area contributed by atoms with Gasteiger partial charge in [0.2, 0.25) is 0 Å². The van der Waals surface area contributed by atoms with Gasteiger partial charge < -0.3 is 10.1 Å². The molecule has 0 saturated heterocycles. The molecule has 0 bridgehead atoms. The van der Waals surface area contributed by atoms with Gasteiger partial charge in [0.25, 0.3) is 0 Å². The molecule has 4 heteroatoms. The Morgan fingerprint density at radius 1 is 1.25 bits per heavy atom. The van der Waals surface area contributed by atoms with E-state index in [0.29, 0.717) is 6.61 Å². The van der Waals surface area contributed by atoms with E-state index in [1.165, 1.54) is 22.3 Å². The van der Waals surface area contributed by atoms with Crippen LogP contribution in [0.3, 0.4) is 0 Å². The van der Waals surface area contributed by atoms with E-state index < -0.39 is 6.09 Å². The van der Waals surface area contributed by atoms with E-state index in [2.05, 4.69) is 29.6 Å². The van der Waals surface area contributed by atoms with Gasteiger partial charge in [0.1, 0.15) is 0 Å². The molecule has 1 amide bonds. The van der Waals surface area contributed by atoms with E-state index in [-0.39, 0.29) is 38.6 Å². The summed E-state index contributed by atoms with van der Waals surface area (Å²) in [5.74, 6) is 0.0981. The predicted molar refractivity (Wildman–Crippen MR) is 73.0 cm³/mol. The summed E-state index contributed by atoms with van der Waals surface area (Å²) in [6.07, 6.45) is -0.397. The zero-order chi connectivity index (χ0) is 13.2. The largest absolute Gasteiger partial charge is 0.450 e. The summed E-state index contributed by atoms with van der Waals surface area (Å²) >= 11 is 0. The molecule has 0 spiro atoms. The van der Waals surface area contributed by atoms with Crippen LogP contribution in [0, 0.1) is 6.07 Å². The molecule has 1 aliphatic rings. The van der Waals surface area contributed by atoms with Gasteiger partial charge in [0.05, 0.1) is 6.61 Å². The van der Waals surface area contributed by atoms with Crippen LogP contribution in [-0.2, 0) is 37.4 Å². The van der Waals surface area contributed by atoms with Gasteiger partial charge in [-0.3, -0.25) is 0 Å². The van der Waals surface area contributed by atoms with E-state index in [9.17, 15) is 4.79 Å². The third kappa shape index (κ3) is 2.65. The minimum atomic E-state index is -0.397. The second kappa shape index (κ2) is 6.51. The second-order valence-corrected chi connectivity index (χ2v) is 4.50. The topological polar surface area (TPSA) is 38.3 Å². The first kappa shape index (κ1) is 15.2. The average Bonchev–Trinajstić information content (AvgIpc) is 2.79. The van der Waals surface area contributed by atoms with Gasteiger partial charge in [0, 0.05) is 39.8 Å². The molecule has 0 fully saturated rings. The van der Waals surface area contributed by atoms with Crippen LogP contribution in [-0.4, -0.2) is 19.7 Å². The summed E-state index contributed by atoms with van der Waals surface area (Å²) in [6.45, 7) is 0.349. The van der Waals surface area contributed by atoms with E-state index in [0.717, 1.165) is 0 Å². The summed E-state index contributed by atoms with van der Waals surface area (Å²) < 4.78 is 5.22. The van der Waals surface area contributed by atoms with Crippen LogP contribution >= 0.6 is 0 Å². The minimum Gasteiger partial charge on any atom is -0.450 e. The quantitative estimate of drug-likeness (QED) is 0.853. The standard InChI is InChI=1S/C16H14NO2.Y/c1-17-16(18)19-10-15-13-8-4-2-6-11(13)12-7-3-5-9-14(12)15;/h2-4,6-9,15H,10H2,1H3,(H,17,18);/q-1;. The van der Waals surface area contributed by atoms with Crippen molar-refractivity contribution < 1.29 is 42.2 Å². The van der Waals surface area contributed by atoms with Crippen molar-refractivity contribution in [3.63, 3.8) is 0 Å². The number of hydrogen-bond donors (Lipinski definition) is 1. The summed E-state index contributed by atoms with van der Waals surface area (Å²) in [4.78, 5) is 11.3. The van der Waals surface area contributed by atoms with Crippen molar-refractivity contribution in [2.24, 2.45) is 0 Å². The van der Waals surface area contributed by atoms with E-state index in [1.54, 1.807) is 7.05 Å². The van der Waals surface area contributed by atoms with Crippen molar-refractivity contribution in [3.8, 4) is 11.1 Å². The van der Waals surface area contributed by atoms with Crippen molar-refractivity contribution >= 4 is 6.09 Å². The number of benzene rings is 2. The van der Waals surface area contributed by atoms with Crippen molar-refractivity contribution in [1.29, 1.82) is 0 Å². The summed E-state index contributed by atoms with van der Waals surface area (Å²) in [5, 5.41) is 2.47. The smallest absolute Gasteiger partial charge is 0.406 e. The van der Waals surface area contributed by atoms with Crippen LogP contribution < -0.4 is 5.32 Å². The van der Waals surface area contributed by atoms with Crippen molar-refractivity contribution in [1.82, 2.24) is 5.32 Å². The van der Waals surface area contributed by atoms with Gasteiger partial charge in [-0.2, -0.15) is 24.3 Å². The third-order valence-corrected chi connectivity index (χ3v) is 3.48. The second-order valence-electron chi connectivity index (χ2n) is 4.50. The maximum atomic E-state index is 11.3. The number of nitrogens with one attached hydrogen (secondary N) is 1. The Morgan fingerprint density at radius 3 is 2.80 bits per heavy atom. The van der Waals surface area contributed by atoms with Crippen LogP contribution in [0.1, 0.15) is 17.0 Å².